The van der Waals surface area contributed by atoms with Crippen molar-refractivity contribution in [1.29, 1.82) is 0 Å². The molecule has 0 aliphatic rings. The zero-order valence-corrected chi connectivity index (χ0v) is 12.3. The van der Waals surface area contributed by atoms with Gasteiger partial charge in [-0.25, -0.2) is 9.97 Å². The lowest BCUT2D eigenvalue weighted by Crippen LogP contribution is -2.08. The molecule has 0 aliphatic carbocycles. The molecule has 0 saturated carbocycles. The van der Waals surface area contributed by atoms with Crippen molar-refractivity contribution in [2.24, 2.45) is 0 Å². The Morgan fingerprint density at radius 3 is 2.67 bits per heavy atom. The van der Waals surface area contributed by atoms with Crippen LogP contribution in [0.2, 0.25) is 5.02 Å². The fraction of sp³-hybridized carbons (Fsp3) is 0.231. The summed E-state index contributed by atoms with van der Waals surface area (Å²) < 4.78 is 0. The number of anilines is 2. The normalized spacial score (nSPS) is 10.7. The van der Waals surface area contributed by atoms with Crippen LogP contribution in [0, 0.1) is 6.92 Å². The highest BCUT2D eigenvalue weighted by Crippen LogP contribution is 2.30. The molecule has 2 aromatic rings. The molecule has 1 N–H and O–H groups in total. The Morgan fingerprint density at radius 1 is 1.22 bits per heavy atom. The number of rotatable bonds is 3. The van der Waals surface area contributed by atoms with Gasteiger partial charge >= 0.3 is 0 Å². The lowest BCUT2D eigenvalue weighted by atomic mass is 10.3. The van der Waals surface area contributed by atoms with Crippen molar-refractivity contribution in [3.05, 3.63) is 41.3 Å². The number of hydrogen-bond acceptors (Lipinski definition) is 3. The van der Waals surface area contributed by atoms with Crippen molar-refractivity contribution in [1.82, 2.24) is 9.97 Å². The van der Waals surface area contributed by atoms with Gasteiger partial charge < -0.3 is 5.32 Å². The number of para-hydroxylation sites is 1. The zero-order valence-electron chi connectivity index (χ0n) is 10.6. The van der Waals surface area contributed by atoms with Crippen molar-refractivity contribution in [2.75, 3.05) is 18.6 Å². The van der Waals surface area contributed by atoms with Gasteiger partial charge in [0.2, 0.25) is 0 Å². The summed E-state index contributed by atoms with van der Waals surface area (Å²) in [5.41, 5.74) is 1.06. The molecule has 0 atom stereocenters. The van der Waals surface area contributed by atoms with Crippen molar-refractivity contribution in [3.8, 4) is 0 Å². The summed E-state index contributed by atoms with van der Waals surface area (Å²) in [4.78, 5) is 8.38. The van der Waals surface area contributed by atoms with Crippen LogP contribution < -0.4 is 10.6 Å². The molecule has 0 radical (unpaired) electrons. The molecule has 1 aromatic carbocycles. The molecule has 0 bridgehead atoms. The summed E-state index contributed by atoms with van der Waals surface area (Å²) in [5, 5.41) is 5.14. The van der Waals surface area contributed by atoms with E-state index in [1.165, 1.54) is 5.30 Å². The number of aromatic nitrogens is 2. The molecule has 1 aromatic heterocycles. The smallest absolute Gasteiger partial charge is 0.152 e. The summed E-state index contributed by atoms with van der Waals surface area (Å²) >= 11 is 6.10. The van der Waals surface area contributed by atoms with E-state index in [2.05, 4.69) is 40.7 Å². The molecule has 0 unspecified atom stereocenters. The molecular formula is C13H15ClN3P. The first-order valence-electron chi connectivity index (χ1n) is 5.60. The monoisotopic (exact) mass is 279 g/mol. The van der Waals surface area contributed by atoms with Crippen LogP contribution in [0.25, 0.3) is 0 Å². The fourth-order valence-electron chi connectivity index (χ4n) is 1.64. The number of nitrogens with zero attached hydrogens (tertiary/aromatic N) is 2. The SMILES string of the molecule is Cc1ncc(Cl)c(Nc2ccccc2P(C)C)n1. The molecule has 5 heteroatoms. The molecule has 0 aliphatic heterocycles. The van der Waals surface area contributed by atoms with Crippen LogP contribution >= 0.6 is 19.5 Å². The zero-order chi connectivity index (χ0) is 13.1. The predicted molar refractivity (Wildman–Crippen MR) is 79.9 cm³/mol. The third-order valence-corrected chi connectivity index (χ3v) is 4.13. The lowest BCUT2D eigenvalue weighted by Gasteiger charge is -2.15. The van der Waals surface area contributed by atoms with Gasteiger partial charge in [-0.1, -0.05) is 37.7 Å². The van der Waals surface area contributed by atoms with E-state index in [9.17, 15) is 0 Å². The van der Waals surface area contributed by atoms with Gasteiger partial charge in [0.05, 0.1) is 6.20 Å². The summed E-state index contributed by atoms with van der Waals surface area (Å²) in [6, 6.07) is 8.24. The first-order valence-corrected chi connectivity index (χ1v) is 8.22. The maximum Gasteiger partial charge on any atom is 0.152 e. The van der Waals surface area contributed by atoms with Crippen LogP contribution in [-0.2, 0) is 0 Å². The highest BCUT2D eigenvalue weighted by atomic mass is 35.5. The van der Waals surface area contributed by atoms with Crippen molar-refractivity contribution in [3.63, 3.8) is 0 Å². The Labute approximate surface area is 113 Å². The second-order valence-electron chi connectivity index (χ2n) is 4.15. The second-order valence-corrected chi connectivity index (χ2v) is 6.83. The average Bonchev–Trinajstić information content (AvgIpc) is 2.34. The van der Waals surface area contributed by atoms with E-state index in [1.807, 2.05) is 19.1 Å². The Morgan fingerprint density at radius 2 is 1.94 bits per heavy atom. The maximum absolute atomic E-state index is 6.10. The van der Waals surface area contributed by atoms with Gasteiger partial charge in [0.1, 0.15) is 10.8 Å². The van der Waals surface area contributed by atoms with E-state index >= 15 is 0 Å². The Balaban J connectivity index is 2.37. The third-order valence-electron chi connectivity index (χ3n) is 2.50. The van der Waals surface area contributed by atoms with E-state index in [4.69, 9.17) is 11.6 Å². The fourth-order valence-corrected chi connectivity index (χ4v) is 2.77. The molecular weight excluding hydrogens is 265 g/mol. The number of nitrogens with one attached hydrogen (secondary N) is 1. The second kappa shape index (κ2) is 5.64. The maximum atomic E-state index is 6.10. The summed E-state index contributed by atoms with van der Waals surface area (Å²) in [6.45, 7) is 6.30. The van der Waals surface area contributed by atoms with Gasteiger partial charge in [0, 0.05) is 5.69 Å². The first kappa shape index (κ1) is 13.3. The molecule has 18 heavy (non-hydrogen) atoms. The summed E-state index contributed by atoms with van der Waals surface area (Å²) in [5.74, 6) is 1.36. The molecule has 0 spiro atoms. The van der Waals surface area contributed by atoms with Crippen LogP contribution in [0.1, 0.15) is 5.82 Å². The number of aryl methyl sites for hydroxylation is 1. The van der Waals surface area contributed by atoms with Gasteiger partial charge in [0.15, 0.2) is 5.82 Å². The standard InChI is InChI=1S/C13H15ClN3P/c1-9-15-8-10(14)13(16-9)17-11-6-4-5-7-12(11)18(2)3/h4-8H,1-3H3,(H,15,16,17). The van der Waals surface area contributed by atoms with E-state index in [0.29, 0.717) is 16.7 Å². The van der Waals surface area contributed by atoms with Gasteiger partial charge in [-0.2, -0.15) is 0 Å². The lowest BCUT2D eigenvalue weighted by molar-refractivity contribution is 1.06. The van der Waals surface area contributed by atoms with Crippen LogP contribution in [0.3, 0.4) is 0 Å². The summed E-state index contributed by atoms with van der Waals surface area (Å²) in [6.07, 6.45) is 1.62. The number of hydrogen-bond donors (Lipinski definition) is 1. The van der Waals surface area contributed by atoms with E-state index in [0.717, 1.165) is 5.69 Å². The number of halogens is 1. The van der Waals surface area contributed by atoms with Gasteiger partial charge in [-0.05, 0) is 31.6 Å². The minimum Gasteiger partial charge on any atom is -0.338 e. The topological polar surface area (TPSA) is 37.8 Å². The van der Waals surface area contributed by atoms with E-state index in [1.54, 1.807) is 6.20 Å². The van der Waals surface area contributed by atoms with E-state index in [-0.39, 0.29) is 7.92 Å². The molecule has 1 heterocycles. The minimum atomic E-state index is -0.179. The molecule has 0 amide bonds. The summed E-state index contributed by atoms with van der Waals surface area (Å²) in [7, 11) is -0.179. The van der Waals surface area contributed by atoms with Crippen LogP contribution in [-0.4, -0.2) is 23.3 Å². The molecule has 2 rings (SSSR count). The third kappa shape index (κ3) is 2.98. The Kier molecular flexibility index (Phi) is 4.15. The van der Waals surface area contributed by atoms with Gasteiger partial charge in [-0.3, -0.25) is 0 Å². The highest BCUT2D eigenvalue weighted by molar-refractivity contribution is 7.64. The average molecular weight is 280 g/mol. The van der Waals surface area contributed by atoms with Crippen molar-refractivity contribution < 1.29 is 0 Å². The van der Waals surface area contributed by atoms with Gasteiger partial charge in [-0.15, -0.1) is 0 Å². The van der Waals surface area contributed by atoms with Crippen LogP contribution in [0.5, 0.6) is 0 Å². The first-order chi connectivity index (χ1) is 8.58. The highest BCUT2D eigenvalue weighted by Gasteiger charge is 2.08. The largest absolute Gasteiger partial charge is 0.338 e. The number of benzene rings is 1. The minimum absolute atomic E-state index is 0.179. The Bertz CT molecular complexity index is 558. The van der Waals surface area contributed by atoms with Crippen molar-refractivity contribution >= 4 is 36.3 Å². The van der Waals surface area contributed by atoms with Gasteiger partial charge in [0.25, 0.3) is 0 Å². The molecule has 94 valence electrons. The van der Waals surface area contributed by atoms with Crippen molar-refractivity contribution in [2.45, 2.75) is 6.92 Å². The van der Waals surface area contributed by atoms with Crippen LogP contribution in [0.15, 0.2) is 30.5 Å². The Hall–Kier alpha value is -1.18. The molecule has 0 saturated heterocycles. The van der Waals surface area contributed by atoms with Crippen LogP contribution in [0.4, 0.5) is 11.5 Å². The predicted octanol–water partition coefficient (Wildman–Crippen LogP) is 3.55. The quantitative estimate of drug-likeness (QED) is 0.873. The molecule has 0 fully saturated rings. The van der Waals surface area contributed by atoms with E-state index < -0.39 is 0 Å². The molecule has 3 nitrogen and oxygen atoms in total.